The number of benzene rings is 1. The second-order valence-electron chi connectivity index (χ2n) is 12.1. The minimum atomic E-state index is -2.98. The smallest absolute Gasteiger partial charge is 0.338 e. The molecule has 1 aromatic carbocycles. The Morgan fingerprint density at radius 2 is 2.05 bits per heavy atom. The van der Waals surface area contributed by atoms with Gasteiger partial charge in [-0.3, -0.25) is 19.6 Å². The van der Waals surface area contributed by atoms with Gasteiger partial charge in [-0.05, 0) is 69.2 Å². The summed E-state index contributed by atoms with van der Waals surface area (Å²) in [7, 11) is 0. The molecule has 3 aliphatic heterocycles. The Bertz CT molecular complexity index is 1480. The molecule has 0 radical (unpaired) electrons. The van der Waals surface area contributed by atoms with Gasteiger partial charge in [0.2, 0.25) is 0 Å². The number of hydrogen-bond donors (Lipinski definition) is 2. The minimum Gasteiger partial charge on any atom is -0.481 e. The lowest BCUT2D eigenvalue weighted by atomic mass is 9.73. The van der Waals surface area contributed by atoms with E-state index >= 15 is 8.78 Å². The number of likely N-dealkylation sites (tertiary alicyclic amines) is 2. The number of carbonyl (C=O) groups excluding carboxylic acids is 1. The van der Waals surface area contributed by atoms with E-state index in [9.17, 15) is 14.0 Å². The maximum absolute atomic E-state index is 15.7. The molecule has 0 bridgehead atoms. The van der Waals surface area contributed by atoms with Crippen LogP contribution in [0.4, 0.5) is 13.2 Å². The van der Waals surface area contributed by atoms with Crippen LogP contribution in [0.25, 0.3) is 0 Å². The van der Waals surface area contributed by atoms with E-state index in [1.807, 2.05) is 4.90 Å². The van der Waals surface area contributed by atoms with Gasteiger partial charge in [0, 0.05) is 36.4 Å². The van der Waals surface area contributed by atoms with E-state index in [0.717, 1.165) is 0 Å². The average Bonchev–Trinajstić information content (AvgIpc) is 3.68. The zero-order valence-electron chi connectivity index (χ0n) is 24.6. The molecule has 44 heavy (non-hydrogen) atoms. The Morgan fingerprint density at radius 1 is 1.25 bits per heavy atom. The highest BCUT2D eigenvalue weighted by Crippen LogP contribution is 2.44. The van der Waals surface area contributed by atoms with Crippen molar-refractivity contribution in [1.82, 2.24) is 20.1 Å². The number of halogens is 3. The van der Waals surface area contributed by atoms with Crippen molar-refractivity contribution < 1.29 is 32.6 Å². The maximum atomic E-state index is 15.7. The van der Waals surface area contributed by atoms with Crippen molar-refractivity contribution >= 4 is 29.1 Å². The number of nitrogens with zero attached hydrogens (tertiary/aromatic N) is 4. The van der Waals surface area contributed by atoms with Gasteiger partial charge in [-0.25, -0.2) is 22.9 Å². The van der Waals surface area contributed by atoms with Crippen LogP contribution in [-0.4, -0.2) is 88.5 Å². The second-order valence-corrected chi connectivity index (χ2v) is 13.0. The van der Waals surface area contributed by atoms with Crippen LogP contribution in [0.2, 0.25) is 0 Å². The molecule has 9 nitrogen and oxygen atoms in total. The molecule has 2 unspecified atom stereocenters. The molecule has 3 atom stereocenters. The summed E-state index contributed by atoms with van der Waals surface area (Å²) >= 11 is 1.34. The first kappa shape index (κ1) is 30.7. The Hall–Kier alpha value is -3.29. The van der Waals surface area contributed by atoms with Crippen LogP contribution in [0.15, 0.2) is 46.0 Å². The highest BCUT2D eigenvalue weighted by molar-refractivity contribution is 7.11. The number of carbonyl (C=O) groups is 2. The van der Waals surface area contributed by atoms with E-state index in [1.54, 1.807) is 42.5 Å². The highest BCUT2D eigenvalue weighted by atomic mass is 32.1. The Balaban J connectivity index is 1.29. The first-order chi connectivity index (χ1) is 21.1. The lowest BCUT2D eigenvalue weighted by Crippen LogP contribution is -2.46. The number of nitrogens with one attached hydrogen (secondary N) is 1. The number of hydrogen-bond acceptors (Lipinski definition) is 9. The summed E-state index contributed by atoms with van der Waals surface area (Å²) in [6.07, 6.45) is 4.08. The van der Waals surface area contributed by atoms with Crippen molar-refractivity contribution in [2.75, 3.05) is 32.8 Å². The molecule has 1 aliphatic carbocycles. The molecule has 2 N–H and O–H groups in total. The van der Waals surface area contributed by atoms with E-state index in [-0.39, 0.29) is 30.6 Å². The Kier molecular flexibility index (Phi) is 8.55. The number of alkyl halides is 2. The zero-order chi connectivity index (χ0) is 31.2. The number of carboxylic acid groups (broad SMARTS) is 1. The van der Waals surface area contributed by atoms with Gasteiger partial charge in [-0.1, -0.05) is 12.1 Å². The van der Waals surface area contributed by atoms with Crippen LogP contribution in [0.3, 0.4) is 0 Å². The zero-order valence-corrected chi connectivity index (χ0v) is 25.5. The predicted molar refractivity (Wildman–Crippen MR) is 158 cm³/mol. The number of carboxylic acids is 1. The monoisotopic (exact) mass is 631 g/mol. The molecule has 13 heteroatoms. The summed E-state index contributed by atoms with van der Waals surface area (Å²) in [5, 5.41) is 14.7. The van der Waals surface area contributed by atoms with Crippen molar-refractivity contribution in [1.29, 1.82) is 0 Å². The SMILES string of the molecule is CCOC(=O)C1=C(CN2CC(F)(F)C3C2CCN3CCC2CC(C(=O)O)C2)NC(c2nccs2)=N[C@H]1c1cccc(F)c1C. The molecule has 3 fully saturated rings. The predicted octanol–water partition coefficient (Wildman–Crippen LogP) is 4.39. The van der Waals surface area contributed by atoms with E-state index < -0.39 is 48.3 Å². The highest BCUT2D eigenvalue weighted by Gasteiger charge is 2.59. The Morgan fingerprint density at radius 3 is 2.75 bits per heavy atom. The largest absolute Gasteiger partial charge is 0.481 e. The molecule has 4 heterocycles. The van der Waals surface area contributed by atoms with Crippen LogP contribution in [0, 0.1) is 24.6 Å². The van der Waals surface area contributed by atoms with Crippen LogP contribution >= 0.6 is 11.3 Å². The van der Waals surface area contributed by atoms with Crippen molar-refractivity contribution in [3.63, 3.8) is 0 Å². The van der Waals surface area contributed by atoms with Crippen molar-refractivity contribution in [3.8, 4) is 0 Å². The fourth-order valence-electron chi connectivity index (χ4n) is 7.16. The first-order valence-electron chi connectivity index (χ1n) is 15.1. The van der Waals surface area contributed by atoms with Gasteiger partial charge in [0.1, 0.15) is 11.9 Å². The summed E-state index contributed by atoms with van der Waals surface area (Å²) < 4.78 is 51.6. The third-order valence-corrected chi connectivity index (χ3v) is 10.2. The number of thiazole rings is 1. The molecule has 2 aromatic rings. The second kappa shape index (κ2) is 12.2. The molecule has 0 amide bonds. The molecule has 4 aliphatic rings. The molecule has 0 spiro atoms. The fraction of sp³-hybridized carbons (Fsp3) is 0.548. The number of aromatic nitrogens is 1. The molecule has 2 saturated heterocycles. The standard InChI is InChI=1S/C31H36F3N5O4S/c1-3-43-30(42)24-22(36-27(28-35-9-12-44-28)37-25(24)20-5-4-6-21(32)17(20)2)15-39-16-31(33,34)26-23(39)8-11-38(26)10-7-18-13-19(14-18)29(40)41/h4-6,9,12,18-19,23,25-26H,3,7-8,10-11,13-16H2,1-2H3,(H,36,37)(H,40,41)/t18?,19?,23?,25-,26?/m0/s1. The van der Waals surface area contributed by atoms with E-state index in [0.29, 0.717) is 66.4 Å². The fourth-order valence-corrected chi connectivity index (χ4v) is 7.75. The quantitative estimate of drug-likeness (QED) is 0.372. The van der Waals surface area contributed by atoms with Gasteiger partial charge in [0.15, 0.2) is 10.8 Å². The minimum absolute atomic E-state index is 0.0247. The van der Waals surface area contributed by atoms with Gasteiger partial charge in [0.05, 0.1) is 30.7 Å². The number of esters is 1. The van der Waals surface area contributed by atoms with E-state index in [4.69, 9.17) is 14.8 Å². The lowest BCUT2D eigenvalue weighted by Gasteiger charge is -2.35. The van der Waals surface area contributed by atoms with Gasteiger partial charge in [0.25, 0.3) is 5.92 Å². The molecule has 236 valence electrons. The lowest BCUT2D eigenvalue weighted by molar-refractivity contribution is -0.146. The van der Waals surface area contributed by atoms with E-state index in [1.165, 1.54) is 17.4 Å². The number of rotatable bonds is 10. The third-order valence-electron chi connectivity index (χ3n) is 9.42. The van der Waals surface area contributed by atoms with Crippen LogP contribution in [-0.2, 0) is 14.3 Å². The summed E-state index contributed by atoms with van der Waals surface area (Å²) in [4.78, 5) is 37.4. The molecule has 1 saturated carbocycles. The average molecular weight is 632 g/mol. The van der Waals surface area contributed by atoms with Crippen LogP contribution in [0.1, 0.15) is 54.8 Å². The summed E-state index contributed by atoms with van der Waals surface area (Å²) in [6.45, 7) is 3.98. The summed E-state index contributed by atoms with van der Waals surface area (Å²) in [5.74, 6) is -4.53. The normalized spacial score (nSPS) is 28.3. The number of fused-ring (bicyclic) bond motifs is 1. The van der Waals surface area contributed by atoms with Gasteiger partial charge < -0.3 is 15.2 Å². The third kappa shape index (κ3) is 5.77. The maximum Gasteiger partial charge on any atom is 0.338 e. The number of ether oxygens (including phenoxy) is 1. The topological polar surface area (TPSA) is 107 Å². The number of aliphatic carboxylic acids is 1. The molecule has 1 aromatic heterocycles. The van der Waals surface area contributed by atoms with Crippen molar-refractivity contribution in [2.45, 2.75) is 63.6 Å². The first-order valence-corrected chi connectivity index (χ1v) is 15.9. The summed E-state index contributed by atoms with van der Waals surface area (Å²) in [6, 6.07) is 2.28. The molecular weight excluding hydrogens is 595 g/mol. The Labute approximate surface area is 257 Å². The molecule has 6 rings (SSSR count). The van der Waals surface area contributed by atoms with E-state index in [2.05, 4.69) is 10.3 Å². The van der Waals surface area contributed by atoms with Crippen molar-refractivity contribution in [3.05, 3.63) is 63.0 Å². The number of aliphatic imine (C=N–C) groups is 1. The van der Waals surface area contributed by atoms with Crippen LogP contribution < -0.4 is 5.32 Å². The molecular formula is C31H36F3N5O4S. The van der Waals surface area contributed by atoms with Gasteiger partial charge in [-0.15, -0.1) is 11.3 Å². The van der Waals surface area contributed by atoms with Gasteiger partial charge in [-0.2, -0.15) is 0 Å². The van der Waals surface area contributed by atoms with Crippen LogP contribution in [0.5, 0.6) is 0 Å². The van der Waals surface area contributed by atoms with Gasteiger partial charge >= 0.3 is 11.9 Å². The van der Waals surface area contributed by atoms with Crippen molar-refractivity contribution in [2.24, 2.45) is 16.8 Å². The summed E-state index contributed by atoms with van der Waals surface area (Å²) in [5.41, 5.74) is 1.38. The number of amidine groups is 1.